The van der Waals surface area contributed by atoms with Gasteiger partial charge in [-0.1, -0.05) is 6.07 Å². The van der Waals surface area contributed by atoms with Crippen molar-refractivity contribution in [1.29, 1.82) is 0 Å². The molecule has 1 atom stereocenters. The SMILES string of the molecule is CS(=O)(=O)NC[C@@H]1CCCN(Cc2ccc(F)c3cccnc23)C1. The first kappa shape index (κ1) is 17.3. The van der Waals surface area contributed by atoms with Crippen molar-refractivity contribution in [2.75, 3.05) is 25.9 Å². The maximum Gasteiger partial charge on any atom is 0.208 e. The predicted octanol–water partition coefficient (Wildman–Crippen LogP) is 2.14. The molecule has 0 unspecified atom stereocenters. The Morgan fingerprint density at radius 3 is 3.00 bits per heavy atom. The number of likely N-dealkylation sites (tertiary alicyclic amines) is 1. The molecule has 0 aliphatic carbocycles. The number of benzene rings is 1. The van der Waals surface area contributed by atoms with E-state index in [4.69, 9.17) is 0 Å². The van der Waals surface area contributed by atoms with E-state index in [1.807, 2.05) is 0 Å². The van der Waals surface area contributed by atoms with E-state index in [1.165, 1.54) is 12.3 Å². The summed E-state index contributed by atoms with van der Waals surface area (Å²) in [5.74, 6) is 0.0452. The van der Waals surface area contributed by atoms with Crippen LogP contribution in [0.15, 0.2) is 30.5 Å². The first-order chi connectivity index (χ1) is 11.4. The third-order valence-electron chi connectivity index (χ3n) is 4.43. The largest absolute Gasteiger partial charge is 0.299 e. The number of hydrogen-bond donors (Lipinski definition) is 1. The van der Waals surface area contributed by atoms with Crippen LogP contribution >= 0.6 is 0 Å². The lowest BCUT2D eigenvalue weighted by molar-refractivity contribution is 0.169. The van der Waals surface area contributed by atoms with Crippen molar-refractivity contribution in [1.82, 2.24) is 14.6 Å². The van der Waals surface area contributed by atoms with E-state index in [2.05, 4.69) is 14.6 Å². The van der Waals surface area contributed by atoms with E-state index in [0.29, 0.717) is 29.9 Å². The Hall–Kier alpha value is -1.57. The molecule has 24 heavy (non-hydrogen) atoms. The monoisotopic (exact) mass is 351 g/mol. The summed E-state index contributed by atoms with van der Waals surface area (Å²) in [7, 11) is -3.15. The summed E-state index contributed by atoms with van der Waals surface area (Å²) < 4.78 is 39.0. The van der Waals surface area contributed by atoms with Crippen molar-refractivity contribution >= 4 is 20.9 Å². The lowest BCUT2D eigenvalue weighted by Gasteiger charge is -2.32. The number of aromatic nitrogens is 1. The fourth-order valence-corrected chi connectivity index (χ4v) is 3.83. The molecule has 1 saturated heterocycles. The Morgan fingerprint density at radius 2 is 2.21 bits per heavy atom. The zero-order valence-electron chi connectivity index (χ0n) is 13.7. The molecule has 2 aromatic rings. The smallest absolute Gasteiger partial charge is 0.208 e. The quantitative estimate of drug-likeness (QED) is 0.896. The fourth-order valence-electron chi connectivity index (χ4n) is 3.30. The van der Waals surface area contributed by atoms with Crippen molar-refractivity contribution in [2.24, 2.45) is 5.92 Å². The van der Waals surface area contributed by atoms with Gasteiger partial charge in [0.2, 0.25) is 10.0 Å². The van der Waals surface area contributed by atoms with Gasteiger partial charge in [0.25, 0.3) is 0 Å². The van der Waals surface area contributed by atoms with Gasteiger partial charge in [0.1, 0.15) is 5.82 Å². The number of nitrogens with zero attached hydrogens (tertiary/aromatic N) is 2. The molecule has 5 nitrogen and oxygen atoms in total. The molecule has 0 bridgehead atoms. The van der Waals surface area contributed by atoms with Crippen molar-refractivity contribution in [3.63, 3.8) is 0 Å². The molecule has 1 aliphatic rings. The minimum absolute atomic E-state index is 0.254. The topological polar surface area (TPSA) is 62.3 Å². The van der Waals surface area contributed by atoms with Gasteiger partial charge in [0.05, 0.1) is 11.8 Å². The number of nitrogens with one attached hydrogen (secondary N) is 1. The minimum atomic E-state index is -3.15. The Labute approximate surface area is 141 Å². The third-order valence-corrected chi connectivity index (χ3v) is 5.12. The van der Waals surface area contributed by atoms with Gasteiger partial charge >= 0.3 is 0 Å². The lowest BCUT2D eigenvalue weighted by Crippen LogP contribution is -2.40. The Bertz CT molecular complexity index is 826. The van der Waals surface area contributed by atoms with E-state index >= 15 is 0 Å². The molecule has 1 aromatic carbocycles. The third kappa shape index (κ3) is 4.28. The standard InChI is InChI=1S/C17H22FN3O2S/c1-24(22,23)20-10-13-4-3-9-21(11-13)12-14-6-7-16(18)15-5-2-8-19-17(14)15/h2,5-8,13,20H,3-4,9-12H2,1H3/t13-/m0/s1. The van der Waals surface area contributed by atoms with Crippen LogP contribution in [0.2, 0.25) is 0 Å². The van der Waals surface area contributed by atoms with E-state index in [0.717, 1.165) is 31.5 Å². The maximum absolute atomic E-state index is 13.9. The highest BCUT2D eigenvalue weighted by atomic mass is 32.2. The maximum atomic E-state index is 13.9. The van der Waals surface area contributed by atoms with Crippen LogP contribution in [0.1, 0.15) is 18.4 Å². The molecule has 0 amide bonds. The predicted molar refractivity (Wildman–Crippen MR) is 92.5 cm³/mol. The normalized spacial score (nSPS) is 19.7. The van der Waals surface area contributed by atoms with Gasteiger partial charge in [-0.25, -0.2) is 17.5 Å². The number of rotatable bonds is 5. The molecule has 2 heterocycles. The molecule has 1 aromatic heterocycles. The second-order valence-corrected chi connectivity index (χ2v) is 8.30. The number of fused-ring (bicyclic) bond motifs is 1. The highest BCUT2D eigenvalue weighted by Gasteiger charge is 2.21. The van der Waals surface area contributed by atoms with Gasteiger partial charge < -0.3 is 0 Å². The van der Waals surface area contributed by atoms with E-state index in [-0.39, 0.29) is 5.82 Å². The van der Waals surface area contributed by atoms with E-state index in [1.54, 1.807) is 24.4 Å². The number of sulfonamides is 1. The Morgan fingerprint density at radius 1 is 1.38 bits per heavy atom. The summed E-state index contributed by atoms with van der Waals surface area (Å²) in [5.41, 5.74) is 1.71. The van der Waals surface area contributed by atoms with Crippen LogP contribution in [0.5, 0.6) is 0 Å². The van der Waals surface area contributed by atoms with Gasteiger partial charge in [0, 0.05) is 31.2 Å². The minimum Gasteiger partial charge on any atom is -0.299 e. The van der Waals surface area contributed by atoms with Crippen LogP contribution in [0.25, 0.3) is 10.9 Å². The average Bonchev–Trinajstić information content (AvgIpc) is 2.56. The van der Waals surface area contributed by atoms with Gasteiger partial charge in [-0.2, -0.15) is 0 Å². The lowest BCUT2D eigenvalue weighted by atomic mass is 9.97. The summed E-state index contributed by atoms with van der Waals surface area (Å²) in [6.07, 6.45) is 4.91. The highest BCUT2D eigenvalue weighted by Crippen LogP contribution is 2.23. The van der Waals surface area contributed by atoms with Crippen LogP contribution < -0.4 is 4.72 Å². The highest BCUT2D eigenvalue weighted by molar-refractivity contribution is 7.88. The first-order valence-corrected chi connectivity index (χ1v) is 10.0. The molecular weight excluding hydrogens is 329 g/mol. The number of pyridine rings is 1. The molecule has 1 N–H and O–H groups in total. The van der Waals surface area contributed by atoms with E-state index < -0.39 is 10.0 Å². The molecule has 0 radical (unpaired) electrons. The van der Waals surface area contributed by atoms with Crippen LogP contribution in [0, 0.1) is 11.7 Å². The van der Waals surface area contributed by atoms with Crippen molar-refractivity contribution in [3.8, 4) is 0 Å². The summed E-state index contributed by atoms with van der Waals surface area (Å²) in [6, 6.07) is 6.77. The van der Waals surface area contributed by atoms with Crippen LogP contribution in [0.3, 0.4) is 0 Å². The molecular formula is C17H22FN3O2S. The second kappa shape index (κ2) is 7.13. The average molecular weight is 351 g/mol. The van der Waals surface area contributed by atoms with Crippen LogP contribution in [0.4, 0.5) is 4.39 Å². The van der Waals surface area contributed by atoms with Crippen molar-refractivity contribution < 1.29 is 12.8 Å². The fraction of sp³-hybridized carbons (Fsp3) is 0.471. The molecule has 1 aliphatic heterocycles. The van der Waals surface area contributed by atoms with Crippen molar-refractivity contribution in [2.45, 2.75) is 19.4 Å². The first-order valence-electron chi connectivity index (χ1n) is 8.11. The number of hydrogen-bond acceptors (Lipinski definition) is 4. The number of halogens is 1. The van der Waals surface area contributed by atoms with Crippen molar-refractivity contribution in [3.05, 3.63) is 41.8 Å². The second-order valence-electron chi connectivity index (χ2n) is 6.47. The molecule has 0 saturated carbocycles. The Balaban J connectivity index is 1.71. The molecule has 7 heteroatoms. The number of piperidine rings is 1. The van der Waals surface area contributed by atoms with E-state index in [9.17, 15) is 12.8 Å². The Kier molecular flexibility index (Phi) is 5.12. The van der Waals surface area contributed by atoms with Crippen LogP contribution in [-0.2, 0) is 16.6 Å². The summed E-state index contributed by atoms with van der Waals surface area (Å²) in [5, 5.41) is 0.544. The van der Waals surface area contributed by atoms with Gasteiger partial charge in [-0.3, -0.25) is 9.88 Å². The summed E-state index contributed by atoms with van der Waals surface area (Å²) in [6.45, 7) is 2.95. The van der Waals surface area contributed by atoms with Gasteiger partial charge in [-0.15, -0.1) is 0 Å². The zero-order valence-corrected chi connectivity index (χ0v) is 14.5. The summed E-state index contributed by atoms with van der Waals surface area (Å²) in [4.78, 5) is 6.63. The van der Waals surface area contributed by atoms with Gasteiger partial charge in [0.15, 0.2) is 0 Å². The molecule has 130 valence electrons. The summed E-state index contributed by atoms with van der Waals surface area (Å²) >= 11 is 0. The zero-order chi connectivity index (χ0) is 17.2. The van der Waals surface area contributed by atoms with Gasteiger partial charge in [-0.05, 0) is 49.1 Å². The molecule has 0 spiro atoms. The molecule has 3 rings (SSSR count). The van der Waals surface area contributed by atoms with Crippen LogP contribution in [-0.4, -0.2) is 44.2 Å². The molecule has 1 fully saturated rings.